The van der Waals surface area contributed by atoms with Crippen molar-refractivity contribution in [2.75, 3.05) is 18.9 Å². The lowest BCUT2D eigenvalue weighted by Gasteiger charge is -2.41. The van der Waals surface area contributed by atoms with Crippen molar-refractivity contribution in [1.29, 1.82) is 0 Å². The third-order valence-corrected chi connectivity index (χ3v) is 3.44. The Balaban J connectivity index is 1.94. The zero-order valence-corrected chi connectivity index (χ0v) is 9.38. The van der Waals surface area contributed by atoms with Gasteiger partial charge < -0.3 is 30.5 Å². The maximum atomic E-state index is 10.1. The molecule has 18 heavy (non-hydrogen) atoms. The molecule has 0 radical (unpaired) electrons. The predicted molar refractivity (Wildman–Crippen MR) is 56.1 cm³/mol. The summed E-state index contributed by atoms with van der Waals surface area (Å²) in [6.45, 7) is -0.430. The van der Waals surface area contributed by atoms with E-state index < -0.39 is 36.7 Å². The van der Waals surface area contributed by atoms with Crippen LogP contribution >= 0.6 is 0 Å². The Hall–Kier alpha value is -1.26. The molecule has 5 N–H and O–H groups in total. The molecule has 9 heteroatoms. The standard InChI is InChI=1S/C9H14N4O5/c10-4-1-13(12-11-4)5-6(15)7(16)9(2-14)3-17-8(5)18-9/h1,5-8,14-16H,2-3,10H2/t5-,6-,7-,8+,9+/m1/s1. The van der Waals surface area contributed by atoms with E-state index >= 15 is 0 Å². The molecule has 2 saturated heterocycles. The minimum absolute atomic E-state index is 0.00702. The lowest BCUT2D eigenvalue weighted by Crippen LogP contribution is -2.60. The fourth-order valence-electron chi connectivity index (χ4n) is 2.40. The third kappa shape index (κ3) is 1.45. The van der Waals surface area contributed by atoms with Crippen LogP contribution < -0.4 is 5.73 Å². The predicted octanol–water partition coefficient (Wildman–Crippen LogP) is -2.76. The summed E-state index contributed by atoms with van der Waals surface area (Å²) in [6, 6.07) is -0.757. The number of nitrogens with zero attached hydrogens (tertiary/aromatic N) is 3. The Morgan fingerprint density at radius 2 is 2.33 bits per heavy atom. The van der Waals surface area contributed by atoms with Gasteiger partial charge in [-0.05, 0) is 0 Å². The lowest BCUT2D eigenvalue weighted by molar-refractivity contribution is -0.244. The second kappa shape index (κ2) is 3.87. The number of aliphatic hydroxyl groups excluding tert-OH is 3. The Morgan fingerprint density at radius 1 is 1.56 bits per heavy atom. The number of anilines is 1. The van der Waals surface area contributed by atoms with Crippen molar-refractivity contribution in [2.24, 2.45) is 0 Å². The molecule has 5 atom stereocenters. The molecule has 1 aromatic heterocycles. The van der Waals surface area contributed by atoms with Crippen molar-refractivity contribution in [1.82, 2.24) is 15.0 Å². The van der Waals surface area contributed by atoms with Crippen LogP contribution in [0.5, 0.6) is 0 Å². The van der Waals surface area contributed by atoms with E-state index in [1.807, 2.05) is 0 Å². The fraction of sp³-hybridized carbons (Fsp3) is 0.778. The molecule has 2 bridgehead atoms. The summed E-state index contributed by atoms with van der Waals surface area (Å²) in [4.78, 5) is 0. The molecular weight excluding hydrogens is 244 g/mol. The van der Waals surface area contributed by atoms with E-state index in [0.717, 1.165) is 0 Å². The van der Waals surface area contributed by atoms with E-state index in [2.05, 4.69) is 10.3 Å². The number of rotatable bonds is 2. The van der Waals surface area contributed by atoms with Crippen LogP contribution in [-0.4, -0.2) is 67.6 Å². The van der Waals surface area contributed by atoms with E-state index in [-0.39, 0.29) is 12.4 Å². The molecule has 0 aromatic carbocycles. The molecule has 0 spiro atoms. The van der Waals surface area contributed by atoms with Crippen LogP contribution in [0.15, 0.2) is 6.20 Å². The summed E-state index contributed by atoms with van der Waals surface area (Å²) >= 11 is 0. The van der Waals surface area contributed by atoms with Gasteiger partial charge in [0.2, 0.25) is 0 Å². The number of hydrogen-bond acceptors (Lipinski definition) is 8. The lowest BCUT2D eigenvalue weighted by atomic mass is 9.88. The highest BCUT2D eigenvalue weighted by Gasteiger charge is 2.59. The summed E-state index contributed by atoms with van der Waals surface area (Å²) < 4.78 is 12.1. The average molecular weight is 258 g/mol. The van der Waals surface area contributed by atoms with Crippen molar-refractivity contribution >= 4 is 5.82 Å². The van der Waals surface area contributed by atoms with Crippen LogP contribution in [0, 0.1) is 0 Å². The molecular formula is C9H14N4O5. The van der Waals surface area contributed by atoms with Gasteiger partial charge in [-0.3, -0.25) is 0 Å². The van der Waals surface area contributed by atoms with Gasteiger partial charge in [-0.15, -0.1) is 5.10 Å². The number of ether oxygens (including phenoxy) is 2. The van der Waals surface area contributed by atoms with Crippen LogP contribution in [0.3, 0.4) is 0 Å². The number of aliphatic hydroxyl groups is 3. The van der Waals surface area contributed by atoms with Gasteiger partial charge in [0, 0.05) is 0 Å². The summed E-state index contributed by atoms with van der Waals surface area (Å²) in [5.41, 5.74) is 4.18. The number of aromatic nitrogens is 3. The molecule has 0 unspecified atom stereocenters. The van der Waals surface area contributed by atoms with Gasteiger partial charge >= 0.3 is 0 Å². The number of nitrogen functional groups attached to an aromatic ring is 1. The number of nitrogens with two attached hydrogens (primary N) is 1. The zero-order valence-electron chi connectivity index (χ0n) is 9.38. The molecule has 9 nitrogen and oxygen atoms in total. The highest BCUT2D eigenvalue weighted by molar-refractivity contribution is 5.21. The molecule has 2 aliphatic rings. The molecule has 3 heterocycles. The third-order valence-electron chi connectivity index (χ3n) is 3.44. The SMILES string of the molecule is Nc1cn([C@H]2[C@H]3OC[C@](CO)(O3)[C@H](O)[C@@H]2O)nn1. The largest absolute Gasteiger partial charge is 0.393 e. The molecule has 0 aliphatic carbocycles. The summed E-state index contributed by atoms with van der Waals surface area (Å²) in [6.07, 6.45) is -1.87. The van der Waals surface area contributed by atoms with Crippen LogP contribution in [-0.2, 0) is 9.47 Å². The van der Waals surface area contributed by atoms with Crippen LogP contribution in [0.2, 0.25) is 0 Å². The quantitative estimate of drug-likeness (QED) is 0.448. The first kappa shape index (κ1) is 11.8. The van der Waals surface area contributed by atoms with Crippen LogP contribution in [0.4, 0.5) is 5.82 Å². The fourth-order valence-corrected chi connectivity index (χ4v) is 2.40. The van der Waals surface area contributed by atoms with Gasteiger partial charge in [0.25, 0.3) is 0 Å². The smallest absolute Gasteiger partial charge is 0.183 e. The van der Waals surface area contributed by atoms with Gasteiger partial charge in [-0.2, -0.15) is 0 Å². The molecule has 2 fully saturated rings. The van der Waals surface area contributed by atoms with E-state index in [9.17, 15) is 15.3 Å². The first-order chi connectivity index (χ1) is 8.57. The van der Waals surface area contributed by atoms with Crippen molar-refractivity contribution in [3.05, 3.63) is 6.20 Å². The number of hydrogen-bond donors (Lipinski definition) is 4. The Labute approximate surface area is 102 Å². The second-order valence-corrected chi connectivity index (χ2v) is 4.57. The Bertz CT molecular complexity index is 454. The van der Waals surface area contributed by atoms with E-state index in [1.54, 1.807) is 0 Å². The maximum Gasteiger partial charge on any atom is 0.183 e. The van der Waals surface area contributed by atoms with E-state index in [1.165, 1.54) is 10.9 Å². The van der Waals surface area contributed by atoms with Crippen molar-refractivity contribution in [2.45, 2.75) is 30.1 Å². The monoisotopic (exact) mass is 258 g/mol. The van der Waals surface area contributed by atoms with Crippen LogP contribution in [0.1, 0.15) is 6.04 Å². The Kier molecular flexibility index (Phi) is 2.54. The van der Waals surface area contributed by atoms with E-state index in [4.69, 9.17) is 15.2 Å². The van der Waals surface area contributed by atoms with Gasteiger partial charge in [-0.25, -0.2) is 4.68 Å². The van der Waals surface area contributed by atoms with Gasteiger partial charge in [-0.1, -0.05) is 5.21 Å². The van der Waals surface area contributed by atoms with Gasteiger partial charge in [0.05, 0.1) is 19.4 Å². The highest BCUT2D eigenvalue weighted by atomic mass is 16.7. The normalized spacial score (nSPS) is 43.3. The second-order valence-electron chi connectivity index (χ2n) is 4.57. The summed E-state index contributed by atoms with van der Waals surface area (Å²) in [5.74, 6) is 0.189. The minimum Gasteiger partial charge on any atom is -0.393 e. The van der Waals surface area contributed by atoms with Crippen molar-refractivity contribution < 1.29 is 24.8 Å². The molecule has 100 valence electrons. The minimum atomic E-state index is -1.28. The van der Waals surface area contributed by atoms with Gasteiger partial charge in [0.15, 0.2) is 12.1 Å². The molecule has 3 rings (SSSR count). The molecule has 0 saturated carbocycles. The first-order valence-corrected chi connectivity index (χ1v) is 5.51. The molecule has 0 amide bonds. The first-order valence-electron chi connectivity index (χ1n) is 5.51. The molecule has 1 aromatic rings. The average Bonchev–Trinajstić information content (AvgIpc) is 2.94. The summed E-state index contributed by atoms with van der Waals surface area (Å²) in [7, 11) is 0. The van der Waals surface area contributed by atoms with Crippen LogP contribution in [0.25, 0.3) is 0 Å². The topological polar surface area (TPSA) is 136 Å². The number of fused-ring (bicyclic) bond motifs is 2. The zero-order chi connectivity index (χ0) is 12.9. The van der Waals surface area contributed by atoms with E-state index in [0.29, 0.717) is 0 Å². The Morgan fingerprint density at radius 3 is 2.94 bits per heavy atom. The van der Waals surface area contributed by atoms with Gasteiger partial charge in [0.1, 0.15) is 23.9 Å². The highest BCUT2D eigenvalue weighted by Crippen LogP contribution is 2.41. The summed E-state index contributed by atoms with van der Waals surface area (Å²) in [5, 5.41) is 36.8. The van der Waals surface area contributed by atoms with Crippen molar-refractivity contribution in [3.63, 3.8) is 0 Å². The van der Waals surface area contributed by atoms with Crippen molar-refractivity contribution in [3.8, 4) is 0 Å². The maximum absolute atomic E-state index is 10.1. The molecule has 2 aliphatic heterocycles.